The van der Waals surface area contributed by atoms with E-state index in [9.17, 15) is 4.39 Å². The molecule has 0 radical (unpaired) electrons. The van der Waals surface area contributed by atoms with E-state index in [-0.39, 0.29) is 5.82 Å². The molecular formula is C27H32FNO3S. The maximum absolute atomic E-state index is 12.9. The van der Waals surface area contributed by atoms with Crippen LogP contribution in [0.15, 0.2) is 71.6 Å². The van der Waals surface area contributed by atoms with Gasteiger partial charge in [0.15, 0.2) is 11.5 Å². The molecule has 0 aliphatic heterocycles. The summed E-state index contributed by atoms with van der Waals surface area (Å²) in [6.07, 6.45) is 2.13. The summed E-state index contributed by atoms with van der Waals surface area (Å²) in [6, 6.07) is 21.3. The smallest absolute Gasteiger partial charge is 0.161 e. The molecule has 0 heterocycles. The van der Waals surface area contributed by atoms with Crippen LogP contribution in [0.25, 0.3) is 0 Å². The Morgan fingerprint density at radius 1 is 0.788 bits per heavy atom. The fourth-order valence-electron chi connectivity index (χ4n) is 3.33. The van der Waals surface area contributed by atoms with Gasteiger partial charge in [0.2, 0.25) is 0 Å². The van der Waals surface area contributed by atoms with Gasteiger partial charge < -0.3 is 19.5 Å². The molecule has 0 aromatic heterocycles. The molecule has 0 amide bonds. The van der Waals surface area contributed by atoms with Gasteiger partial charge in [0.1, 0.15) is 5.82 Å². The molecule has 0 fully saturated rings. The fourth-order valence-corrected chi connectivity index (χ4v) is 4.21. The molecule has 4 nitrogen and oxygen atoms in total. The summed E-state index contributed by atoms with van der Waals surface area (Å²) in [5, 5.41) is 3.41. The summed E-state index contributed by atoms with van der Waals surface area (Å²) in [6.45, 7) is 2.92. The molecule has 3 rings (SSSR count). The van der Waals surface area contributed by atoms with Crippen LogP contribution in [-0.4, -0.2) is 33.9 Å². The van der Waals surface area contributed by atoms with Crippen LogP contribution in [0.2, 0.25) is 0 Å². The quantitative estimate of drug-likeness (QED) is 0.236. The predicted octanol–water partition coefficient (Wildman–Crippen LogP) is 5.87. The van der Waals surface area contributed by atoms with Gasteiger partial charge in [0.25, 0.3) is 0 Å². The van der Waals surface area contributed by atoms with Crippen molar-refractivity contribution in [3.8, 4) is 11.5 Å². The van der Waals surface area contributed by atoms with Gasteiger partial charge in [-0.1, -0.05) is 36.4 Å². The SMILES string of the molecule is COc1ccc(SCc2ccc(CCCNCCOCc3ccc(F)cc3)cc2)cc1OC. The fraction of sp³-hybridized carbons (Fsp3) is 0.333. The third-order valence-corrected chi connectivity index (χ3v) is 6.27. The van der Waals surface area contributed by atoms with Crippen molar-refractivity contribution in [2.45, 2.75) is 30.1 Å². The van der Waals surface area contributed by atoms with Gasteiger partial charge in [-0.2, -0.15) is 0 Å². The molecule has 0 saturated heterocycles. The number of ether oxygens (including phenoxy) is 3. The number of benzene rings is 3. The molecule has 0 aliphatic carbocycles. The Morgan fingerprint density at radius 2 is 1.48 bits per heavy atom. The molecular weight excluding hydrogens is 437 g/mol. The van der Waals surface area contributed by atoms with Crippen molar-refractivity contribution in [3.63, 3.8) is 0 Å². The highest BCUT2D eigenvalue weighted by Gasteiger charge is 2.05. The highest BCUT2D eigenvalue weighted by molar-refractivity contribution is 7.98. The van der Waals surface area contributed by atoms with Crippen LogP contribution in [0.5, 0.6) is 11.5 Å². The van der Waals surface area contributed by atoms with E-state index in [2.05, 4.69) is 35.6 Å². The Balaban J connectivity index is 1.28. The third kappa shape index (κ3) is 8.72. The lowest BCUT2D eigenvalue weighted by Gasteiger charge is -2.10. The van der Waals surface area contributed by atoms with Gasteiger partial charge in [-0.3, -0.25) is 0 Å². The lowest BCUT2D eigenvalue weighted by atomic mass is 10.1. The predicted molar refractivity (Wildman–Crippen MR) is 133 cm³/mol. The van der Waals surface area contributed by atoms with Crippen LogP contribution >= 0.6 is 11.8 Å². The Bertz CT molecular complexity index is 964. The molecule has 6 heteroatoms. The first-order valence-electron chi connectivity index (χ1n) is 11.1. The summed E-state index contributed by atoms with van der Waals surface area (Å²) in [7, 11) is 3.30. The van der Waals surface area contributed by atoms with Gasteiger partial charge in [0, 0.05) is 17.2 Å². The zero-order valence-electron chi connectivity index (χ0n) is 19.3. The summed E-state index contributed by atoms with van der Waals surface area (Å²) in [4.78, 5) is 1.16. The van der Waals surface area contributed by atoms with E-state index in [0.717, 1.165) is 53.6 Å². The Hall–Kier alpha value is -2.54. The minimum Gasteiger partial charge on any atom is -0.493 e. The number of aryl methyl sites for hydroxylation is 1. The zero-order valence-corrected chi connectivity index (χ0v) is 20.1. The summed E-state index contributed by atoms with van der Waals surface area (Å²) >= 11 is 1.78. The van der Waals surface area contributed by atoms with E-state index in [4.69, 9.17) is 14.2 Å². The van der Waals surface area contributed by atoms with Gasteiger partial charge in [-0.25, -0.2) is 4.39 Å². The molecule has 0 bridgehead atoms. The van der Waals surface area contributed by atoms with E-state index < -0.39 is 0 Å². The second-order valence-electron chi connectivity index (χ2n) is 7.65. The van der Waals surface area contributed by atoms with Crippen LogP contribution < -0.4 is 14.8 Å². The van der Waals surface area contributed by atoms with Crippen LogP contribution in [0.4, 0.5) is 4.39 Å². The number of nitrogens with one attached hydrogen (secondary N) is 1. The summed E-state index contributed by atoms with van der Waals surface area (Å²) in [5.41, 5.74) is 3.64. The number of thioether (sulfide) groups is 1. The highest BCUT2D eigenvalue weighted by atomic mass is 32.2. The second kappa shape index (κ2) is 13.9. The van der Waals surface area contributed by atoms with E-state index >= 15 is 0 Å². The average molecular weight is 470 g/mol. The lowest BCUT2D eigenvalue weighted by molar-refractivity contribution is 0.123. The van der Waals surface area contributed by atoms with E-state index in [0.29, 0.717) is 13.2 Å². The largest absolute Gasteiger partial charge is 0.493 e. The van der Waals surface area contributed by atoms with Crippen LogP contribution in [0, 0.1) is 5.82 Å². The number of rotatable bonds is 14. The van der Waals surface area contributed by atoms with Crippen molar-refractivity contribution in [3.05, 3.63) is 89.2 Å². The van der Waals surface area contributed by atoms with Gasteiger partial charge in [0.05, 0.1) is 27.4 Å². The lowest BCUT2D eigenvalue weighted by Crippen LogP contribution is -2.21. The minimum absolute atomic E-state index is 0.219. The topological polar surface area (TPSA) is 39.7 Å². The van der Waals surface area contributed by atoms with Crippen LogP contribution in [0.3, 0.4) is 0 Å². The Kier molecular flexibility index (Phi) is 10.6. The number of methoxy groups -OCH3 is 2. The summed E-state index contributed by atoms with van der Waals surface area (Å²) < 4.78 is 29.2. The molecule has 0 unspecified atom stereocenters. The second-order valence-corrected chi connectivity index (χ2v) is 8.70. The first kappa shape index (κ1) is 25.1. The van der Waals surface area contributed by atoms with Crippen LogP contribution in [-0.2, 0) is 23.5 Å². The normalized spacial score (nSPS) is 10.9. The molecule has 0 atom stereocenters. The first-order chi connectivity index (χ1) is 16.2. The molecule has 0 spiro atoms. The van der Waals surface area contributed by atoms with Crippen molar-refractivity contribution >= 4 is 11.8 Å². The van der Waals surface area contributed by atoms with E-state index in [1.165, 1.54) is 23.3 Å². The molecule has 1 N–H and O–H groups in total. The van der Waals surface area contributed by atoms with Gasteiger partial charge >= 0.3 is 0 Å². The third-order valence-electron chi connectivity index (χ3n) is 5.21. The van der Waals surface area contributed by atoms with Crippen molar-refractivity contribution in [2.75, 3.05) is 33.9 Å². The number of hydrogen-bond donors (Lipinski definition) is 1. The standard InChI is InChI=1S/C27H32FNO3S/c1-30-26-14-13-25(18-27(26)31-2)33-20-23-7-5-21(6-8-23)4-3-15-29-16-17-32-19-22-9-11-24(28)12-10-22/h5-14,18,29H,3-4,15-17,19-20H2,1-2H3. The van der Waals surface area contributed by atoms with Crippen molar-refractivity contribution in [2.24, 2.45) is 0 Å². The zero-order chi connectivity index (χ0) is 23.3. The van der Waals surface area contributed by atoms with Gasteiger partial charge in [-0.05, 0) is 66.4 Å². The first-order valence-corrected chi connectivity index (χ1v) is 12.1. The highest BCUT2D eigenvalue weighted by Crippen LogP contribution is 2.33. The number of hydrogen-bond acceptors (Lipinski definition) is 5. The van der Waals surface area contributed by atoms with Gasteiger partial charge in [-0.15, -0.1) is 11.8 Å². The molecule has 3 aromatic carbocycles. The molecule has 3 aromatic rings. The molecule has 0 saturated carbocycles. The van der Waals surface area contributed by atoms with Crippen LogP contribution in [0.1, 0.15) is 23.1 Å². The number of halogens is 1. The maximum atomic E-state index is 12.9. The van der Waals surface area contributed by atoms with E-state index in [1.54, 1.807) is 38.1 Å². The molecule has 176 valence electrons. The summed E-state index contributed by atoms with van der Waals surface area (Å²) in [5.74, 6) is 2.20. The van der Waals surface area contributed by atoms with Crippen molar-refractivity contribution in [1.29, 1.82) is 0 Å². The molecule has 33 heavy (non-hydrogen) atoms. The maximum Gasteiger partial charge on any atom is 0.161 e. The minimum atomic E-state index is -0.219. The average Bonchev–Trinajstić information content (AvgIpc) is 2.86. The Labute approximate surface area is 200 Å². The van der Waals surface area contributed by atoms with E-state index in [1.807, 2.05) is 12.1 Å². The molecule has 0 aliphatic rings. The van der Waals surface area contributed by atoms with Crippen molar-refractivity contribution < 1.29 is 18.6 Å². The Morgan fingerprint density at radius 3 is 2.21 bits per heavy atom. The monoisotopic (exact) mass is 469 g/mol. The van der Waals surface area contributed by atoms with Crippen molar-refractivity contribution in [1.82, 2.24) is 5.32 Å².